The van der Waals surface area contributed by atoms with Gasteiger partial charge in [0.15, 0.2) is 6.61 Å². The maximum Gasteiger partial charge on any atom is 0.369 e. The molecule has 1 N–H and O–H groups in total. The molecular weight excluding hydrogens is 345 g/mol. The molecule has 0 saturated carbocycles. The van der Waals surface area contributed by atoms with Gasteiger partial charge in [-0.3, -0.25) is 0 Å². The summed E-state index contributed by atoms with van der Waals surface area (Å²) in [7, 11) is 0. The third kappa shape index (κ3) is 5.33. The molecule has 0 heterocycles. The molecular formula is C15H13Cl2NO3S. The smallest absolute Gasteiger partial charge is 0.369 e. The van der Waals surface area contributed by atoms with Crippen molar-refractivity contribution >= 4 is 46.4 Å². The number of thiocarbonyl (C=S) groups is 1. The molecule has 7 heteroatoms. The summed E-state index contributed by atoms with van der Waals surface area (Å²) in [6.45, 7) is -0.290. The number of hydrogen-bond acceptors (Lipinski definition) is 4. The first-order chi connectivity index (χ1) is 10.5. The van der Waals surface area contributed by atoms with Gasteiger partial charge in [0.1, 0.15) is 10.7 Å². The molecule has 0 atom stereocenters. The van der Waals surface area contributed by atoms with E-state index in [2.05, 4.69) is 5.48 Å². The predicted octanol–water partition coefficient (Wildman–Crippen LogP) is 4.02. The molecule has 1 aliphatic carbocycles. The second-order valence-electron chi connectivity index (χ2n) is 4.50. The highest BCUT2D eigenvalue weighted by Crippen LogP contribution is 2.27. The zero-order valence-corrected chi connectivity index (χ0v) is 13.8. The Labute approximate surface area is 143 Å². The lowest BCUT2D eigenvalue weighted by Crippen LogP contribution is -2.28. The van der Waals surface area contributed by atoms with Crippen LogP contribution in [0.5, 0.6) is 5.75 Å². The van der Waals surface area contributed by atoms with Crippen LogP contribution < -0.4 is 10.2 Å². The molecule has 0 aliphatic heterocycles. The highest BCUT2D eigenvalue weighted by atomic mass is 35.5. The first-order valence-electron chi connectivity index (χ1n) is 6.45. The van der Waals surface area contributed by atoms with Gasteiger partial charge >= 0.3 is 5.97 Å². The zero-order valence-electron chi connectivity index (χ0n) is 11.5. The van der Waals surface area contributed by atoms with Gasteiger partial charge in [-0.25, -0.2) is 10.3 Å². The Morgan fingerprint density at radius 1 is 1.36 bits per heavy atom. The predicted molar refractivity (Wildman–Crippen MR) is 90.2 cm³/mol. The normalized spacial score (nSPS) is 12.7. The van der Waals surface area contributed by atoms with Crippen LogP contribution in [0, 0.1) is 0 Å². The molecule has 1 aromatic carbocycles. The maximum absolute atomic E-state index is 11.6. The number of ether oxygens (including phenoxy) is 1. The molecule has 1 aliphatic rings. The van der Waals surface area contributed by atoms with Crippen molar-refractivity contribution in [1.29, 1.82) is 0 Å². The fraction of sp³-hybridized carbons (Fsp3) is 0.200. The SMILES string of the molecule is O=C(COc1ccc(Cl)cc1Cl)ONC(=S)CC1=CC=CC1. The summed E-state index contributed by atoms with van der Waals surface area (Å²) in [5.41, 5.74) is 3.61. The summed E-state index contributed by atoms with van der Waals surface area (Å²) in [5, 5.41) is 0.812. The van der Waals surface area contributed by atoms with E-state index in [9.17, 15) is 4.79 Å². The van der Waals surface area contributed by atoms with Crippen LogP contribution in [0.3, 0.4) is 0 Å². The number of allylic oxidation sites excluding steroid dienone is 3. The van der Waals surface area contributed by atoms with E-state index in [-0.39, 0.29) is 6.61 Å². The number of halogens is 2. The van der Waals surface area contributed by atoms with Crippen LogP contribution >= 0.6 is 35.4 Å². The number of benzene rings is 1. The summed E-state index contributed by atoms with van der Waals surface area (Å²) in [4.78, 5) is 16.8. The Bertz CT molecular complexity index is 644. The van der Waals surface area contributed by atoms with Crippen LogP contribution in [0.25, 0.3) is 0 Å². The van der Waals surface area contributed by atoms with E-state index in [1.165, 1.54) is 6.07 Å². The molecule has 0 spiro atoms. The van der Waals surface area contributed by atoms with E-state index in [1.807, 2.05) is 18.2 Å². The highest BCUT2D eigenvalue weighted by molar-refractivity contribution is 7.80. The molecule has 0 amide bonds. The first kappa shape index (κ1) is 16.8. The molecule has 0 aromatic heterocycles. The fourth-order valence-electron chi connectivity index (χ4n) is 1.74. The molecule has 1 aromatic rings. The number of nitrogens with one attached hydrogen (secondary N) is 1. The molecule has 0 saturated heterocycles. The van der Waals surface area contributed by atoms with Gasteiger partial charge in [-0.2, -0.15) is 0 Å². The first-order valence-corrected chi connectivity index (χ1v) is 7.62. The monoisotopic (exact) mass is 357 g/mol. The lowest BCUT2D eigenvalue weighted by atomic mass is 10.2. The molecule has 22 heavy (non-hydrogen) atoms. The quantitative estimate of drug-likeness (QED) is 0.636. The largest absolute Gasteiger partial charge is 0.480 e. The van der Waals surface area contributed by atoms with Crippen LogP contribution in [-0.2, 0) is 9.63 Å². The Morgan fingerprint density at radius 2 is 2.18 bits per heavy atom. The second kappa shape index (κ2) is 8.17. The number of carbonyl (C=O) groups excluding carboxylic acids is 1. The number of carbonyl (C=O) groups is 1. The lowest BCUT2D eigenvalue weighted by Gasteiger charge is -2.10. The summed E-state index contributed by atoms with van der Waals surface area (Å²) < 4.78 is 5.25. The Hall–Kier alpha value is -1.56. The minimum Gasteiger partial charge on any atom is -0.480 e. The number of hydroxylamine groups is 1. The van der Waals surface area contributed by atoms with Crippen LogP contribution in [0.2, 0.25) is 10.0 Å². The average molecular weight is 358 g/mol. The average Bonchev–Trinajstić information content (AvgIpc) is 2.97. The maximum atomic E-state index is 11.6. The minimum atomic E-state index is -0.605. The van der Waals surface area contributed by atoms with Crippen molar-refractivity contribution in [2.45, 2.75) is 12.8 Å². The van der Waals surface area contributed by atoms with E-state index in [1.54, 1.807) is 12.1 Å². The summed E-state index contributed by atoms with van der Waals surface area (Å²) in [5.74, 6) is -0.250. The van der Waals surface area contributed by atoms with Crippen molar-refractivity contribution < 1.29 is 14.4 Å². The van der Waals surface area contributed by atoms with Crippen molar-refractivity contribution in [3.05, 3.63) is 52.0 Å². The van der Waals surface area contributed by atoms with Crippen LogP contribution in [0.15, 0.2) is 42.0 Å². The second-order valence-corrected chi connectivity index (χ2v) is 5.83. The van der Waals surface area contributed by atoms with E-state index in [0.717, 1.165) is 12.0 Å². The standard InChI is InChI=1S/C15H13Cl2NO3S/c16-11-5-6-13(12(17)8-11)20-9-15(19)21-18-14(22)7-10-3-1-2-4-10/h1-3,5-6,8H,4,7,9H2,(H,18,22). The van der Waals surface area contributed by atoms with Gasteiger partial charge in [-0.15, -0.1) is 0 Å². The number of hydrogen-bond donors (Lipinski definition) is 1. The zero-order chi connectivity index (χ0) is 15.9. The molecule has 4 nitrogen and oxygen atoms in total. The summed E-state index contributed by atoms with van der Waals surface area (Å²) in [6, 6.07) is 4.72. The van der Waals surface area contributed by atoms with Gasteiger partial charge in [0.2, 0.25) is 0 Å². The van der Waals surface area contributed by atoms with Gasteiger partial charge in [0.05, 0.1) is 5.02 Å². The van der Waals surface area contributed by atoms with Gasteiger partial charge in [0.25, 0.3) is 0 Å². The molecule has 0 radical (unpaired) electrons. The van der Waals surface area contributed by atoms with E-state index in [0.29, 0.717) is 27.2 Å². The van der Waals surface area contributed by atoms with Crippen LogP contribution in [0.4, 0.5) is 0 Å². The van der Waals surface area contributed by atoms with Crippen molar-refractivity contribution in [1.82, 2.24) is 5.48 Å². The molecule has 0 unspecified atom stereocenters. The van der Waals surface area contributed by atoms with Gasteiger partial charge in [-0.05, 0) is 24.6 Å². The van der Waals surface area contributed by atoms with Crippen molar-refractivity contribution in [2.75, 3.05) is 6.61 Å². The van der Waals surface area contributed by atoms with Crippen molar-refractivity contribution in [3.8, 4) is 5.75 Å². The van der Waals surface area contributed by atoms with Gasteiger partial charge in [-0.1, -0.05) is 59.2 Å². The Balaban J connectivity index is 1.70. The Kier molecular flexibility index (Phi) is 6.24. The topological polar surface area (TPSA) is 47.6 Å². The van der Waals surface area contributed by atoms with Crippen LogP contribution in [0.1, 0.15) is 12.8 Å². The number of rotatable bonds is 5. The summed E-state index contributed by atoms with van der Waals surface area (Å²) in [6.07, 6.45) is 7.41. The minimum absolute atomic E-state index is 0.290. The molecule has 2 rings (SSSR count). The fourth-order valence-corrected chi connectivity index (χ4v) is 2.43. The third-order valence-corrected chi connectivity index (χ3v) is 3.51. The van der Waals surface area contributed by atoms with Gasteiger partial charge < -0.3 is 9.57 Å². The lowest BCUT2D eigenvalue weighted by molar-refractivity contribution is -0.150. The molecule has 116 valence electrons. The third-order valence-electron chi connectivity index (χ3n) is 2.75. The molecule has 0 fully saturated rings. The van der Waals surface area contributed by atoms with Crippen molar-refractivity contribution in [2.24, 2.45) is 0 Å². The van der Waals surface area contributed by atoms with E-state index in [4.69, 9.17) is 45.0 Å². The van der Waals surface area contributed by atoms with Gasteiger partial charge in [0, 0.05) is 11.4 Å². The van der Waals surface area contributed by atoms with E-state index >= 15 is 0 Å². The Morgan fingerprint density at radius 3 is 2.86 bits per heavy atom. The summed E-state index contributed by atoms with van der Waals surface area (Å²) >= 11 is 16.8. The molecule has 0 bridgehead atoms. The highest BCUT2D eigenvalue weighted by Gasteiger charge is 2.10. The van der Waals surface area contributed by atoms with Crippen molar-refractivity contribution in [3.63, 3.8) is 0 Å². The van der Waals surface area contributed by atoms with Crippen LogP contribution in [-0.4, -0.2) is 17.6 Å². The van der Waals surface area contributed by atoms with E-state index < -0.39 is 5.97 Å².